The fraction of sp³-hybridized carbons (Fsp3) is 0.366. The molecule has 3 aliphatic rings. The fourth-order valence-corrected chi connectivity index (χ4v) is 8.83. The van der Waals surface area contributed by atoms with Gasteiger partial charge in [-0.25, -0.2) is 4.68 Å². The van der Waals surface area contributed by atoms with Gasteiger partial charge in [-0.05, 0) is 61.0 Å². The third-order valence-electron chi connectivity index (χ3n) is 11.6. The lowest BCUT2D eigenvalue weighted by Gasteiger charge is -2.63. The Labute approximate surface area is 342 Å². The third-order valence-corrected chi connectivity index (χ3v) is 11.9. The first-order valence-electron chi connectivity index (χ1n) is 19.1. The number of nitriles is 1. The van der Waals surface area contributed by atoms with Gasteiger partial charge in [0.1, 0.15) is 35.2 Å². The summed E-state index contributed by atoms with van der Waals surface area (Å²) in [6.45, 7) is 9.22. The number of anilines is 1. The lowest BCUT2D eigenvalue weighted by atomic mass is 9.49. The van der Waals surface area contributed by atoms with Crippen LogP contribution in [0.15, 0.2) is 71.7 Å². The number of benzene rings is 3. The Bertz CT molecular complexity index is 2610. The number of nitrogens with zero attached hydrogens (tertiary/aromatic N) is 8. The molecule has 0 radical (unpaired) electrons. The maximum atomic E-state index is 13.4. The van der Waals surface area contributed by atoms with Gasteiger partial charge in [0.2, 0.25) is 11.8 Å². The van der Waals surface area contributed by atoms with Gasteiger partial charge in [0.05, 0.1) is 40.3 Å². The second-order valence-corrected chi connectivity index (χ2v) is 16.7. The molecule has 8 rings (SSSR count). The number of hydrogen-bond donors (Lipinski definition) is 3. The Morgan fingerprint density at radius 3 is 2.39 bits per heavy atom. The van der Waals surface area contributed by atoms with Crippen LogP contribution in [0.1, 0.15) is 68.2 Å². The molecule has 1 saturated carbocycles. The minimum Gasteiger partial charge on any atom is -0.489 e. The van der Waals surface area contributed by atoms with Gasteiger partial charge < -0.3 is 20.3 Å². The number of rotatable bonds is 10. The van der Waals surface area contributed by atoms with Crippen molar-refractivity contribution in [2.75, 3.05) is 18.0 Å². The van der Waals surface area contributed by atoms with E-state index in [-0.39, 0.29) is 54.7 Å². The number of carbonyl (C=O) groups excluding carboxylic acids is 4. The number of aromatic nitrogens is 6. The molecule has 4 amide bonds. The summed E-state index contributed by atoms with van der Waals surface area (Å²) in [5, 5.41) is 34.6. The molecule has 3 fully saturated rings. The van der Waals surface area contributed by atoms with Crippen molar-refractivity contribution in [1.29, 1.82) is 5.26 Å². The summed E-state index contributed by atoms with van der Waals surface area (Å²) in [7, 11) is 0. The van der Waals surface area contributed by atoms with E-state index in [0.717, 1.165) is 10.4 Å². The van der Waals surface area contributed by atoms with Gasteiger partial charge in [-0.15, -0.1) is 10.2 Å². The predicted octanol–water partition coefficient (Wildman–Crippen LogP) is 3.24. The summed E-state index contributed by atoms with van der Waals surface area (Å²) >= 11 is 6.23. The number of hydrogen-bond acceptors (Lipinski definition) is 12. The number of halogens is 1. The van der Waals surface area contributed by atoms with Crippen molar-refractivity contribution in [3.8, 4) is 17.5 Å². The summed E-state index contributed by atoms with van der Waals surface area (Å²) in [4.78, 5) is 65.6. The number of imide groups is 1. The fourth-order valence-electron chi connectivity index (χ4n) is 8.62. The zero-order chi connectivity index (χ0) is 41.8. The third kappa shape index (κ3) is 7.24. The summed E-state index contributed by atoms with van der Waals surface area (Å²) < 4.78 is 8.93. The van der Waals surface area contributed by atoms with Crippen molar-refractivity contribution >= 4 is 51.8 Å². The number of carbonyl (C=O) groups is 4. The predicted molar refractivity (Wildman–Crippen MR) is 214 cm³/mol. The highest BCUT2D eigenvalue weighted by molar-refractivity contribution is 6.31. The Morgan fingerprint density at radius 2 is 1.69 bits per heavy atom. The van der Waals surface area contributed by atoms with Crippen molar-refractivity contribution in [2.45, 2.75) is 65.3 Å². The Hall–Kier alpha value is -6.67. The van der Waals surface area contributed by atoms with E-state index < -0.39 is 34.2 Å². The van der Waals surface area contributed by atoms with Crippen LogP contribution in [-0.2, 0) is 20.9 Å². The van der Waals surface area contributed by atoms with Crippen LogP contribution >= 0.6 is 11.6 Å². The largest absolute Gasteiger partial charge is 0.489 e. The molecule has 1 unspecified atom stereocenters. The SMILES string of the molecule is CC1(C)C(NC(=O)c2ccc(-n3cc(CNC(=O)C4CN(c5ccc6nnn(C7CCC(=O)NC7=O)c(=O)c6c5)C4)nn3)cc2)C(C)(C)C1Oc1ccc(C#N)c(Cl)c1. The maximum Gasteiger partial charge on any atom is 0.278 e. The average Bonchev–Trinajstić information content (AvgIpc) is 3.67. The molecular weight excluding hydrogens is 778 g/mol. The first-order valence-corrected chi connectivity index (χ1v) is 19.5. The summed E-state index contributed by atoms with van der Waals surface area (Å²) in [6.07, 6.45) is 1.75. The molecule has 59 heavy (non-hydrogen) atoms. The van der Waals surface area contributed by atoms with Gasteiger partial charge in [0, 0.05) is 53.7 Å². The van der Waals surface area contributed by atoms with E-state index >= 15 is 0 Å². The monoisotopic (exact) mass is 817 g/mol. The van der Waals surface area contributed by atoms with Gasteiger partial charge >= 0.3 is 0 Å². The topological polar surface area (TPSA) is 219 Å². The highest BCUT2D eigenvalue weighted by Gasteiger charge is 2.64. The lowest BCUT2D eigenvalue weighted by molar-refractivity contribution is -0.164. The smallest absolute Gasteiger partial charge is 0.278 e. The molecule has 5 aromatic rings. The van der Waals surface area contributed by atoms with Crippen LogP contribution in [0.25, 0.3) is 16.6 Å². The van der Waals surface area contributed by atoms with Crippen molar-refractivity contribution in [3.63, 3.8) is 0 Å². The molecule has 0 spiro atoms. The van der Waals surface area contributed by atoms with Crippen LogP contribution < -0.4 is 31.1 Å². The molecule has 2 aliphatic heterocycles. The van der Waals surface area contributed by atoms with Crippen LogP contribution in [0.2, 0.25) is 5.02 Å². The van der Waals surface area contributed by atoms with Gasteiger partial charge in [-0.3, -0.25) is 29.3 Å². The van der Waals surface area contributed by atoms with E-state index in [4.69, 9.17) is 16.3 Å². The molecule has 2 aromatic heterocycles. The Morgan fingerprint density at radius 1 is 0.966 bits per heavy atom. The normalized spacial score (nSPS) is 20.8. The number of piperidine rings is 1. The van der Waals surface area contributed by atoms with E-state index in [1.165, 1.54) is 0 Å². The Kier molecular flexibility index (Phi) is 9.91. The highest BCUT2D eigenvalue weighted by atomic mass is 35.5. The zero-order valence-corrected chi connectivity index (χ0v) is 33.4. The van der Waals surface area contributed by atoms with Gasteiger partial charge in [0.25, 0.3) is 17.4 Å². The highest BCUT2D eigenvalue weighted by Crippen LogP contribution is 2.55. The van der Waals surface area contributed by atoms with E-state index in [1.807, 2.05) is 38.7 Å². The van der Waals surface area contributed by atoms with Gasteiger partial charge in [-0.2, -0.15) is 9.94 Å². The maximum absolute atomic E-state index is 13.4. The molecule has 17 nitrogen and oxygen atoms in total. The molecule has 3 aromatic carbocycles. The molecule has 302 valence electrons. The van der Waals surface area contributed by atoms with Crippen molar-refractivity contribution in [2.24, 2.45) is 16.7 Å². The molecule has 1 aliphatic carbocycles. The average molecular weight is 818 g/mol. The van der Waals surface area contributed by atoms with E-state index in [1.54, 1.807) is 71.5 Å². The summed E-state index contributed by atoms with van der Waals surface area (Å²) in [5.74, 6) is -1.07. The molecule has 2 saturated heterocycles. The molecule has 1 atom stereocenters. The zero-order valence-electron chi connectivity index (χ0n) is 32.6. The first kappa shape index (κ1) is 39.2. The second kappa shape index (κ2) is 14.9. The molecule has 0 bridgehead atoms. The van der Waals surface area contributed by atoms with Crippen molar-refractivity contribution in [3.05, 3.63) is 99.1 Å². The molecule has 18 heteroatoms. The van der Waals surface area contributed by atoms with Crippen LogP contribution in [0.4, 0.5) is 5.69 Å². The minimum atomic E-state index is -0.919. The minimum absolute atomic E-state index is 0.104. The first-order chi connectivity index (χ1) is 28.1. The van der Waals surface area contributed by atoms with E-state index in [2.05, 4.69) is 36.6 Å². The number of ether oxygens (including phenoxy) is 1. The standard InChI is InChI=1S/C41H40ClN11O6/c1-40(2)38(41(3,4)39(40)59-28-11-7-23(17-43)30(42)16-28)46-35(56)22-5-8-26(9-6-22)52-21-25(47-49-52)18-44-34(55)24-19-51(20-24)27-10-12-31-29(15-27)37(58)53(50-48-31)32-13-14-33(54)45-36(32)57/h5-12,15-16,21,24,32,38-39H,13-14,18-20H2,1-4H3,(H,44,55)(H,46,56)(H,45,54,57). The van der Waals surface area contributed by atoms with Crippen LogP contribution in [0.3, 0.4) is 0 Å². The molecular formula is C41H40ClN11O6. The second-order valence-electron chi connectivity index (χ2n) is 16.3. The number of amides is 4. The number of nitrogens with one attached hydrogen (secondary N) is 3. The van der Waals surface area contributed by atoms with Crippen molar-refractivity contribution < 1.29 is 23.9 Å². The molecule has 3 N–H and O–H groups in total. The van der Waals surface area contributed by atoms with Gasteiger partial charge in [0.15, 0.2) is 0 Å². The molecule has 4 heterocycles. The van der Waals surface area contributed by atoms with E-state index in [0.29, 0.717) is 51.9 Å². The lowest BCUT2D eigenvalue weighted by Crippen LogP contribution is -2.74. The van der Waals surface area contributed by atoms with Crippen LogP contribution in [-0.4, -0.2) is 78.9 Å². The quantitative estimate of drug-likeness (QED) is 0.173. The van der Waals surface area contributed by atoms with Crippen LogP contribution in [0, 0.1) is 28.1 Å². The van der Waals surface area contributed by atoms with Crippen LogP contribution in [0.5, 0.6) is 5.75 Å². The summed E-state index contributed by atoms with van der Waals surface area (Å²) in [5.41, 5.74) is 1.89. The van der Waals surface area contributed by atoms with Crippen molar-refractivity contribution in [1.82, 2.24) is 45.9 Å². The van der Waals surface area contributed by atoms with Gasteiger partial charge in [-0.1, -0.05) is 49.7 Å². The summed E-state index contributed by atoms with van der Waals surface area (Å²) in [6, 6.07) is 18.1. The van der Waals surface area contributed by atoms with E-state index in [9.17, 15) is 29.2 Å². The Balaban J connectivity index is 0.828. The number of fused-ring (bicyclic) bond motifs is 1.